The predicted octanol–water partition coefficient (Wildman–Crippen LogP) is 3.71. The summed E-state index contributed by atoms with van der Waals surface area (Å²) in [5, 5.41) is 4.81. The fourth-order valence-corrected chi connectivity index (χ4v) is 3.80. The van der Waals surface area contributed by atoms with Crippen molar-refractivity contribution in [3.63, 3.8) is 0 Å². The van der Waals surface area contributed by atoms with E-state index in [4.69, 9.17) is 5.73 Å². The first kappa shape index (κ1) is 16.6. The van der Waals surface area contributed by atoms with E-state index in [1.165, 1.54) is 0 Å². The summed E-state index contributed by atoms with van der Waals surface area (Å²) in [6.07, 6.45) is 1.73. The van der Waals surface area contributed by atoms with E-state index >= 15 is 0 Å². The number of hydrogen-bond acceptors (Lipinski definition) is 6. The van der Waals surface area contributed by atoms with Gasteiger partial charge in [-0.25, -0.2) is 9.97 Å². The summed E-state index contributed by atoms with van der Waals surface area (Å²) >= 11 is 3.16. The molecule has 1 amide bonds. The Morgan fingerprint density at radius 1 is 1.33 bits per heavy atom. The lowest BCUT2D eigenvalue weighted by Gasteiger charge is -2.06. The summed E-state index contributed by atoms with van der Waals surface area (Å²) in [7, 11) is 0. The smallest absolute Gasteiger partial charge is 0.256 e. The van der Waals surface area contributed by atoms with Crippen LogP contribution in [0.2, 0.25) is 0 Å². The van der Waals surface area contributed by atoms with Crippen LogP contribution in [0, 0.1) is 6.92 Å². The van der Waals surface area contributed by atoms with Crippen LogP contribution >= 0.6 is 23.1 Å². The number of aromatic nitrogens is 2. The normalized spacial score (nSPS) is 10.6. The predicted molar refractivity (Wildman–Crippen MR) is 97.5 cm³/mol. The third-order valence-electron chi connectivity index (χ3n) is 3.21. The van der Waals surface area contributed by atoms with Gasteiger partial charge in [0.05, 0.1) is 0 Å². The first-order valence-electron chi connectivity index (χ1n) is 7.30. The van der Waals surface area contributed by atoms with Crippen molar-refractivity contribution in [2.24, 2.45) is 5.73 Å². The van der Waals surface area contributed by atoms with Gasteiger partial charge in [-0.2, -0.15) is 0 Å². The average Bonchev–Trinajstić information content (AvgIpc) is 3.01. The molecule has 24 heavy (non-hydrogen) atoms. The topological polar surface area (TPSA) is 80.9 Å². The van der Waals surface area contributed by atoms with E-state index in [0.29, 0.717) is 17.9 Å². The Labute approximate surface area is 148 Å². The summed E-state index contributed by atoms with van der Waals surface area (Å²) in [5.41, 5.74) is 8.10. The van der Waals surface area contributed by atoms with Crippen LogP contribution in [-0.4, -0.2) is 15.9 Å². The van der Waals surface area contributed by atoms with Gasteiger partial charge in [0.2, 0.25) is 0 Å². The van der Waals surface area contributed by atoms with Crippen molar-refractivity contribution in [2.45, 2.75) is 22.7 Å². The molecule has 5 nitrogen and oxygen atoms in total. The lowest BCUT2D eigenvalue weighted by Crippen LogP contribution is -2.13. The van der Waals surface area contributed by atoms with Gasteiger partial charge in [0, 0.05) is 34.3 Å². The molecule has 0 spiro atoms. The Hall–Kier alpha value is -2.22. The molecule has 1 aromatic carbocycles. The fourth-order valence-electron chi connectivity index (χ4n) is 2.02. The van der Waals surface area contributed by atoms with Gasteiger partial charge in [0.1, 0.15) is 5.82 Å². The van der Waals surface area contributed by atoms with E-state index in [0.717, 1.165) is 20.5 Å². The Bertz CT molecular complexity index is 846. The Balaban J connectivity index is 1.66. The van der Waals surface area contributed by atoms with E-state index < -0.39 is 0 Å². The van der Waals surface area contributed by atoms with Crippen molar-refractivity contribution in [3.8, 4) is 0 Å². The zero-order valence-electron chi connectivity index (χ0n) is 13.0. The minimum absolute atomic E-state index is 0.200. The fraction of sp³-hybridized carbons (Fsp3) is 0.118. The van der Waals surface area contributed by atoms with Gasteiger partial charge in [-0.3, -0.25) is 4.79 Å². The minimum atomic E-state index is -0.200. The Kier molecular flexibility index (Phi) is 5.24. The molecule has 0 unspecified atom stereocenters. The molecule has 0 fully saturated rings. The van der Waals surface area contributed by atoms with Gasteiger partial charge in [0.25, 0.3) is 5.91 Å². The van der Waals surface area contributed by atoms with Gasteiger partial charge in [0.15, 0.2) is 4.34 Å². The van der Waals surface area contributed by atoms with Crippen molar-refractivity contribution in [1.82, 2.24) is 9.97 Å². The molecule has 3 aromatic rings. The highest BCUT2D eigenvalue weighted by molar-refractivity contribution is 8.01. The monoisotopic (exact) mass is 356 g/mol. The highest BCUT2D eigenvalue weighted by Gasteiger charge is 2.08. The van der Waals surface area contributed by atoms with Crippen LogP contribution in [0.5, 0.6) is 0 Å². The second-order valence-electron chi connectivity index (χ2n) is 5.09. The number of pyridine rings is 1. The molecule has 0 atom stereocenters. The van der Waals surface area contributed by atoms with Gasteiger partial charge in [-0.1, -0.05) is 23.9 Å². The minimum Gasteiger partial charge on any atom is -0.326 e. The number of anilines is 1. The first-order chi connectivity index (χ1) is 11.6. The molecular weight excluding hydrogens is 340 g/mol. The molecule has 0 bridgehead atoms. The Morgan fingerprint density at radius 2 is 2.21 bits per heavy atom. The number of nitrogens with one attached hydrogen (secondary N) is 1. The number of carbonyl (C=O) groups excluding carboxylic acids is 1. The summed E-state index contributed by atoms with van der Waals surface area (Å²) in [6, 6.07) is 10.9. The second kappa shape index (κ2) is 7.57. The summed E-state index contributed by atoms with van der Waals surface area (Å²) in [5.74, 6) is 0.312. The number of amides is 1. The number of nitrogens with two attached hydrogens (primary N) is 1. The summed E-state index contributed by atoms with van der Waals surface area (Å²) in [6.45, 7) is 2.37. The molecule has 0 saturated heterocycles. The van der Waals surface area contributed by atoms with Crippen LogP contribution in [0.3, 0.4) is 0 Å². The summed E-state index contributed by atoms with van der Waals surface area (Å²) in [4.78, 5) is 21.9. The molecule has 2 aromatic heterocycles. The maximum absolute atomic E-state index is 12.3. The van der Waals surface area contributed by atoms with E-state index in [2.05, 4.69) is 15.3 Å². The van der Waals surface area contributed by atoms with E-state index in [9.17, 15) is 4.79 Å². The van der Waals surface area contributed by atoms with Crippen LogP contribution < -0.4 is 11.1 Å². The quantitative estimate of drug-likeness (QED) is 0.728. The van der Waals surface area contributed by atoms with Gasteiger partial charge in [-0.15, -0.1) is 11.3 Å². The maximum atomic E-state index is 12.3. The molecule has 3 rings (SSSR count). The second-order valence-corrected chi connectivity index (χ2v) is 7.27. The third-order valence-corrected chi connectivity index (χ3v) is 5.24. The van der Waals surface area contributed by atoms with Gasteiger partial charge >= 0.3 is 0 Å². The number of hydrogen-bond donors (Lipinski definition) is 2. The van der Waals surface area contributed by atoms with Crippen LogP contribution in [0.15, 0.2) is 57.2 Å². The van der Waals surface area contributed by atoms with E-state index in [1.54, 1.807) is 47.5 Å². The van der Waals surface area contributed by atoms with Crippen LogP contribution in [0.1, 0.15) is 21.6 Å². The number of benzene rings is 1. The SMILES string of the molecule is Cc1csc(Sc2ccc(NC(=O)c3cccc(CN)c3)nc2)n1. The number of aryl methyl sites for hydroxylation is 1. The number of rotatable bonds is 5. The molecule has 7 heteroatoms. The van der Waals surface area contributed by atoms with Crippen LogP contribution in [-0.2, 0) is 6.54 Å². The van der Waals surface area contributed by atoms with Crippen molar-refractivity contribution >= 4 is 34.8 Å². The first-order valence-corrected chi connectivity index (χ1v) is 9.00. The molecule has 3 N–H and O–H groups in total. The molecule has 0 radical (unpaired) electrons. The van der Waals surface area contributed by atoms with Crippen LogP contribution in [0.25, 0.3) is 0 Å². The van der Waals surface area contributed by atoms with Crippen LogP contribution in [0.4, 0.5) is 5.82 Å². The molecule has 122 valence electrons. The van der Waals surface area contributed by atoms with Gasteiger partial charge in [-0.05, 0) is 36.8 Å². The van der Waals surface area contributed by atoms with Crippen molar-refractivity contribution in [3.05, 3.63) is 64.8 Å². The number of thiazole rings is 1. The number of nitrogens with zero attached hydrogens (tertiary/aromatic N) is 2. The lowest BCUT2D eigenvalue weighted by atomic mass is 10.1. The van der Waals surface area contributed by atoms with Crippen molar-refractivity contribution in [2.75, 3.05) is 5.32 Å². The molecule has 0 aliphatic heterocycles. The average molecular weight is 356 g/mol. The molecule has 0 saturated carbocycles. The molecule has 0 aliphatic carbocycles. The van der Waals surface area contributed by atoms with E-state index in [-0.39, 0.29) is 5.91 Å². The maximum Gasteiger partial charge on any atom is 0.256 e. The highest BCUT2D eigenvalue weighted by atomic mass is 32.2. The number of carbonyl (C=O) groups is 1. The zero-order chi connectivity index (χ0) is 16.9. The summed E-state index contributed by atoms with van der Waals surface area (Å²) < 4.78 is 0.977. The largest absolute Gasteiger partial charge is 0.326 e. The molecule has 0 aliphatic rings. The highest BCUT2D eigenvalue weighted by Crippen LogP contribution is 2.30. The van der Waals surface area contributed by atoms with E-state index in [1.807, 2.05) is 30.5 Å². The van der Waals surface area contributed by atoms with Crippen molar-refractivity contribution < 1.29 is 4.79 Å². The molecule has 2 heterocycles. The lowest BCUT2D eigenvalue weighted by molar-refractivity contribution is 0.102. The van der Waals surface area contributed by atoms with Gasteiger partial charge < -0.3 is 11.1 Å². The van der Waals surface area contributed by atoms with Crippen molar-refractivity contribution in [1.29, 1.82) is 0 Å². The Morgan fingerprint density at radius 3 is 2.88 bits per heavy atom. The standard InChI is InChI=1S/C17H16N4OS2/c1-11-10-23-17(20-11)24-14-5-6-15(19-9-14)21-16(22)13-4-2-3-12(7-13)8-18/h2-7,9-10H,8,18H2,1H3,(H,19,21,22). The third kappa shape index (κ3) is 4.19. The molecular formula is C17H16N4OS2. The zero-order valence-corrected chi connectivity index (χ0v) is 14.7.